The summed E-state index contributed by atoms with van der Waals surface area (Å²) in [6.45, 7) is 29.0. The van der Waals surface area contributed by atoms with Crippen LogP contribution in [0.1, 0.15) is 124 Å². The zero-order valence-electron chi connectivity index (χ0n) is 56.8. The van der Waals surface area contributed by atoms with Crippen LogP contribution in [0.15, 0.2) is 158 Å². The number of hydrogen-bond donors (Lipinski definition) is 0. The summed E-state index contributed by atoms with van der Waals surface area (Å²) in [6, 6.07) is 42.4. The van der Waals surface area contributed by atoms with E-state index in [1.165, 1.54) is 42.7 Å². The van der Waals surface area contributed by atoms with Crippen LogP contribution in [0.3, 0.4) is 0 Å². The predicted molar refractivity (Wildman–Crippen MR) is 373 cm³/mol. The van der Waals surface area contributed by atoms with Gasteiger partial charge in [0.05, 0.1) is 41.8 Å². The summed E-state index contributed by atoms with van der Waals surface area (Å²) in [5.74, 6) is 1.66. The Kier molecular flexibility index (Phi) is 29.3. The third-order valence-corrected chi connectivity index (χ3v) is 23.2. The van der Waals surface area contributed by atoms with E-state index in [0.29, 0.717) is 35.4 Å². The number of alkyl halides is 12. The first-order valence-corrected chi connectivity index (χ1v) is 33.5. The molecule has 0 unspecified atom stereocenters. The maximum Gasteiger partial charge on any atom is 2.00 e. The van der Waals surface area contributed by atoms with Crippen LogP contribution < -0.4 is 52.5 Å². The SMILES string of the molecule is C.COc1ccccc1[PH+](c1ccccc1OC)c1ccccc1P(=O)(N(C(C)C)C(C)C)N(C(C)C)C(C)C.Cc1[c-]c(C)cc(C)c1.Cc1cc(C)cc([B-](c2cc(C)cc(C(F)(F)F)c2)(c2cc(C)cc(C(F)(F)F)c2)c2cc(C(F)(F)F)cc(C(F)(F)F)c2)c1.[CH3-].[Ni+2]. The zero-order chi connectivity index (χ0) is 69.7. The van der Waals surface area contributed by atoms with Crippen LogP contribution in [0.2, 0.25) is 0 Å². The molecule has 21 heteroatoms. The van der Waals surface area contributed by atoms with Gasteiger partial charge in [0.1, 0.15) is 30.0 Å². The van der Waals surface area contributed by atoms with Crippen molar-refractivity contribution in [3.05, 3.63) is 232 Å². The Hall–Kier alpha value is -6.34. The van der Waals surface area contributed by atoms with Gasteiger partial charge in [0.15, 0.2) is 11.5 Å². The molecule has 0 spiro atoms. The number of hydrogen-bond acceptors (Lipinski definition) is 3. The van der Waals surface area contributed by atoms with Crippen LogP contribution in [0.5, 0.6) is 11.5 Å². The van der Waals surface area contributed by atoms with Crippen LogP contribution in [0, 0.1) is 62.0 Å². The van der Waals surface area contributed by atoms with E-state index in [4.69, 9.17) is 9.47 Å². The Labute approximate surface area is 572 Å². The Morgan fingerprint density at radius 2 is 0.677 bits per heavy atom. The molecule has 0 aliphatic rings. The summed E-state index contributed by atoms with van der Waals surface area (Å²) in [4.78, 5) is 0. The molecule has 0 amide bonds. The van der Waals surface area contributed by atoms with Crippen LogP contribution in [0.4, 0.5) is 52.7 Å². The summed E-state index contributed by atoms with van der Waals surface area (Å²) in [7, 11) is -1.57. The first-order valence-electron chi connectivity index (χ1n) is 30.4. The largest absolute Gasteiger partial charge is 2.00 e. The Bertz CT molecular complexity index is 3690. The summed E-state index contributed by atoms with van der Waals surface area (Å²) >= 11 is 0. The van der Waals surface area contributed by atoms with Crippen molar-refractivity contribution in [2.24, 2.45) is 0 Å². The summed E-state index contributed by atoms with van der Waals surface area (Å²) in [5, 5.41) is 4.21. The standard InChI is InChI=1S/C32H24BF12.C32H46N2O3P2.C9H11.CH4.CH3.Ni/c1-17-5-18(2)9-25(8-17)33(26-10-19(3)6-21(13-26)29(34,35)36,27-11-20(4)7-22(14-27)30(37,38)39)28-15-23(31(40,41)42)12-24(16-28)32(43,44)45;1-23(2)33(24(3)4)39(35,34(25(5)6)26(7)8)32-22-16-15-21-31(32)38(29-19-13-11-17-27(29)36-9)30-20-14-12-18-28(30)37-10;1-7-4-8(2)6-9(3)5-7;;;/h5-16H,1-4H3;11-26H,1-10H3;4-5H,1-3H3;1H4;1H3;/q-1;;-1;;-1;+2/p+1. The van der Waals surface area contributed by atoms with Crippen LogP contribution in [-0.4, -0.2) is 53.9 Å². The van der Waals surface area contributed by atoms with Gasteiger partial charge < -0.3 is 16.9 Å². The molecule has 0 atom stereocenters. The van der Waals surface area contributed by atoms with Crippen molar-refractivity contribution in [3.63, 3.8) is 0 Å². The van der Waals surface area contributed by atoms with Crippen molar-refractivity contribution in [1.29, 1.82) is 0 Å². The van der Waals surface area contributed by atoms with Crippen LogP contribution in [-0.2, 0) is 45.8 Å². The monoisotopic (exact) mass is 1420 g/mol. The summed E-state index contributed by atoms with van der Waals surface area (Å²) in [6.07, 6.45) is -24.3. The first-order chi connectivity index (χ1) is 43.1. The van der Waals surface area contributed by atoms with Crippen LogP contribution >= 0.6 is 15.4 Å². The Balaban J connectivity index is 0.000000432. The number of ether oxygens (including phenoxy) is 2. The molecule has 0 radical (unpaired) electrons. The smallest absolute Gasteiger partial charge is 0.493 e. The minimum absolute atomic E-state index is 0. The van der Waals surface area contributed by atoms with E-state index in [0.717, 1.165) is 57.0 Å². The van der Waals surface area contributed by atoms with Gasteiger partial charge in [-0.3, -0.25) is 4.57 Å². The van der Waals surface area contributed by atoms with E-state index < -0.39 is 84.9 Å². The van der Waals surface area contributed by atoms with Gasteiger partial charge in [-0.25, -0.2) is 9.34 Å². The number of nitrogens with zero attached hydrogens (tertiary/aromatic N) is 2. The molecule has 0 saturated carbocycles. The Morgan fingerprint density at radius 1 is 0.406 bits per heavy atom. The molecule has 0 bridgehead atoms. The molecule has 0 fully saturated rings. The van der Waals surface area contributed by atoms with Crippen LogP contribution in [0.25, 0.3) is 0 Å². The van der Waals surface area contributed by atoms with E-state index in [9.17, 15) is 52.7 Å². The fraction of sp³-hybridized carbons (Fsp3) is 0.347. The van der Waals surface area contributed by atoms with E-state index in [1.54, 1.807) is 34.1 Å². The van der Waals surface area contributed by atoms with E-state index in [1.807, 2.05) is 30.3 Å². The third-order valence-electron chi connectivity index (χ3n) is 16.0. The van der Waals surface area contributed by atoms with Crippen molar-refractivity contribution in [1.82, 2.24) is 9.34 Å². The summed E-state index contributed by atoms with van der Waals surface area (Å²) < 4.78 is 202. The van der Waals surface area contributed by atoms with E-state index >= 15 is 4.57 Å². The molecule has 524 valence electrons. The van der Waals surface area contributed by atoms with Crippen molar-refractivity contribution in [2.75, 3.05) is 14.2 Å². The predicted octanol–water partition coefficient (Wildman–Crippen LogP) is 18.1. The van der Waals surface area contributed by atoms with Gasteiger partial charge in [-0.2, -0.15) is 109 Å². The number of benzene rings is 8. The van der Waals surface area contributed by atoms with Crippen molar-refractivity contribution in [2.45, 2.75) is 160 Å². The normalized spacial score (nSPS) is 12.2. The summed E-state index contributed by atoms with van der Waals surface area (Å²) in [5.41, 5.74) is -3.27. The molecule has 0 N–H and O–H groups in total. The number of methoxy groups -OCH3 is 2. The first kappa shape index (κ1) is 83.9. The van der Waals surface area contributed by atoms with Gasteiger partial charge in [-0.15, -0.1) is 0 Å². The number of halogens is 12. The molecule has 8 rings (SSSR count). The molecule has 8 aromatic rings. The topological polar surface area (TPSA) is 42.0 Å². The van der Waals surface area contributed by atoms with Gasteiger partial charge in [-0.1, -0.05) is 141 Å². The number of para-hydroxylation sites is 2. The number of rotatable bonds is 16. The average Bonchev–Trinajstić information content (AvgIpc) is 0.724. The van der Waals surface area contributed by atoms with E-state index in [-0.39, 0.29) is 78.2 Å². The van der Waals surface area contributed by atoms with Gasteiger partial charge in [-0.05, 0) is 138 Å². The molecule has 0 aliphatic carbocycles. The van der Waals surface area contributed by atoms with Crippen molar-refractivity contribution in [3.8, 4) is 11.5 Å². The van der Waals surface area contributed by atoms with Gasteiger partial charge in [0.25, 0.3) is 7.44 Å². The molecule has 8 aromatic carbocycles. The second kappa shape index (κ2) is 33.5. The second-order valence-corrected chi connectivity index (χ2v) is 29.7. The zero-order valence-corrected chi connectivity index (χ0v) is 59.7. The van der Waals surface area contributed by atoms with Gasteiger partial charge >= 0.3 is 41.2 Å². The second-order valence-electron chi connectivity index (χ2n) is 24.9. The van der Waals surface area contributed by atoms with Gasteiger partial charge in [0, 0.05) is 24.2 Å². The van der Waals surface area contributed by atoms with Crippen molar-refractivity contribution >= 4 is 64.6 Å². The molecule has 5 nitrogen and oxygen atoms in total. The van der Waals surface area contributed by atoms with Crippen molar-refractivity contribution < 1.29 is 83.2 Å². The molecule has 0 heterocycles. The molecular formula is C75H89BF12N2NiO3P2. The minimum atomic E-state index is -5.35. The molecular weight excluding hydrogens is 1340 g/mol. The average molecular weight is 1430 g/mol. The molecule has 96 heavy (non-hydrogen) atoms. The third kappa shape index (κ3) is 19.3. The fourth-order valence-corrected chi connectivity index (χ4v) is 20.6. The molecule has 0 saturated heterocycles. The quantitative estimate of drug-likeness (QED) is 0.0417. The maximum atomic E-state index is 16.1. The Morgan fingerprint density at radius 3 is 0.990 bits per heavy atom. The maximum absolute atomic E-state index is 16.1. The fourth-order valence-electron chi connectivity index (χ4n) is 13.1. The minimum Gasteiger partial charge on any atom is -0.493 e. The number of aryl methyl sites for hydroxylation is 7. The van der Waals surface area contributed by atoms with E-state index in [2.05, 4.69) is 146 Å². The molecule has 0 aliphatic heterocycles. The van der Waals surface area contributed by atoms with Gasteiger partial charge in [0.2, 0.25) is 0 Å². The molecule has 0 aromatic heterocycles.